The summed E-state index contributed by atoms with van der Waals surface area (Å²) in [6.45, 7) is 6.71. The first-order valence-electron chi connectivity index (χ1n) is 7.53. The summed E-state index contributed by atoms with van der Waals surface area (Å²) in [5, 5.41) is 2.87. The van der Waals surface area contributed by atoms with Gasteiger partial charge in [0.25, 0.3) is 0 Å². The van der Waals surface area contributed by atoms with Crippen LogP contribution in [0.1, 0.15) is 18.5 Å². The van der Waals surface area contributed by atoms with Crippen molar-refractivity contribution in [2.45, 2.75) is 13.0 Å². The molecule has 1 aromatic carbocycles. The smallest absolute Gasteiger partial charge is 0.317 e. The molecule has 1 aliphatic heterocycles. The Morgan fingerprint density at radius 2 is 1.90 bits per heavy atom. The number of hydrogen-bond donors (Lipinski definition) is 1. The second-order valence-corrected chi connectivity index (χ2v) is 5.33. The average molecular weight is 291 g/mol. The van der Waals surface area contributed by atoms with Crippen molar-refractivity contribution in [3.63, 3.8) is 0 Å². The van der Waals surface area contributed by atoms with Gasteiger partial charge in [-0.15, -0.1) is 0 Å². The third-order valence-corrected chi connectivity index (χ3v) is 4.01. The second-order valence-electron chi connectivity index (χ2n) is 5.33. The molecule has 0 saturated carbocycles. The van der Waals surface area contributed by atoms with Crippen molar-refractivity contribution in [2.24, 2.45) is 0 Å². The minimum absolute atomic E-state index is 0.0130. The van der Waals surface area contributed by atoms with Gasteiger partial charge in [0, 0.05) is 45.9 Å². The molecule has 1 aromatic rings. The van der Waals surface area contributed by atoms with Crippen LogP contribution in [0.2, 0.25) is 0 Å². The first-order valence-corrected chi connectivity index (χ1v) is 7.53. The SMILES string of the molecule is COCCNC(=O)N1CCN(C(C)c2ccccc2)CC1. The summed E-state index contributed by atoms with van der Waals surface area (Å²) in [6, 6.07) is 10.9. The van der Waals surface area contributed by atoms with E-state index in [2.05, 4.69) is 41.4 Å². The van der Waals surface area contributed by atoms with Crippen LogP contribution < -0.4 is 5.32 Å². The molecule has 2 amide bonds. The predicted molar refractivity (Wildman–Crippen MR) is 83.3 cm³/mol. The Balaban J connectivity index is 1.79. The molecule has 1 heterocycles. The molecule has 1 saturated heterocycles. The molecule has 0 bridgehead atoms. The van der Waals surface area contributed by atoms with Gasteiger partial charge in [0.05, 0.1) is 6.61 Å². The van der Waals surface area contributed by atoms with Gasteiger partial charge in [0.15, 0.2) is 0 Å². The van der Waals surface area contributed by atoms with Crippen molar-refractivity contribution in [1.29, 1.82) is 0 Å². The van der Waals surface area contributed by atoms with Crippen LogP contribution >= 0.6 is 0 Å². The summed E-state index contributed by atoms with van der Waals surface area (Å²) in [7, 11) is 1.63. The molecule has 5 heteroatoms. The van der Waals surface area contributed by atoms with Crippen LogP contribution in [0.4, 0.5) is 4.79 Å². The number of piperazine rings is 1. The molecule has 0 aliphatic carbocycles. The van der Waals surface area contributed by atoms with Crippen LogP contribution in [-0.4, -0.2) is 62.3 Å². The van der Waals surface area contributed by atoms with Gasteiger partial charge in [-0.3, -0.25) is 4.90 Å². The van der Waals surface area contributed by atoms with Crippen molar-refractivity contribution in [1.82, 2.24) is 15.1 Å². The van der Waals surface area contributed by atoms with Gasteiger partial charge in [-0.2, -0.15) is 0 Å². The van der Waals surface area contributed by atoms with Crippen molar-refractivity contribution < 1.29 is 9.53 Å². The molecule has 2 rings (SSSR count). The molecule has 0 aromatic heterocycles. The lowest BCUT2D eigenvalue weighted by Crippen LogP contribution is -2.52. The highest BCUT2D eigenvalue weighted by Crippen LogP contribution is 2.21. The number of methoxy groups -OCH3 is 1. The van der Waals surface area contributed by atoms with E-state index in [0.29, 0.717) is 19.2 Å². The third-order valence-electron chi connectivity index (χ3n) is 4.01. The van der Waals surface area contributed by atoms with Gasteiger partial charge >= 0.3 is 6.03 Å². The zero-order valence-electron chi connectivity index (χ0n) is 12.9. The minimum atomic E-state index is 0.0130. The normalized spacial score (nSPS) is 17.5. The van der Waals surface area contributed by atoms with E-state index in [-0.39, 0.29) is 6.03 Å². The predicted octanol–water partition coefficient (Wildman–Crippen LogP) is 1.72. The number of rotatable bonds is 5. The Morgan fingerprint density at radius 3 is 2.52 bits per heavy atom. The van der Waals surface area contributed by atoms with Gasteiger partial charge in [0.2, 0.25) is 0 Å². The lowest BCUT2D eigenvalue weighted by Gasteiger charge is -2.38. The Labute approximate surface area is 126 Å². The number of carbonyl (C=O) groups is 1. The van der Waals surface area contributed by atoms with E-state index in [1.807, 2.05) is 11.0 Å². The van der Waals surface area contributed by atoms with Gasteiger partial charge in [-0.25, -0.2) is 4.79 Å². The summed E-state index contributed by atoms with van der Waals surface area (Å²) in [5.41, 5.74) is 1.33. The quantitative estimate of drug-likeness (QED) is 0.840. The van der Waals surface area contributed by atoms with Gasteiger partial charge in [-0.05, 0) is 12.5 Å². The van der Waals surface area contributed by atoms with Gasteiger partial charge in [-0.1, -0.05) is 30.3 Å². The molecule has 1 fully saturated rings. The van der Waals surface area contributed by atoms with E-state index in [0.717, 1.165) is 26.2 Å². The zero-order chi connectivity index (χ0) is 15.1. The molecule has 1 N–H and O–H groups in total. The molecular weight excluding hydrogens is 266 g/mol. The van der Waals surface area contributed by atoms with Gasteiger partial charge in [0.1, 0.15) is 0 Å². The number of amides is 2. The summed E-state index contributed by atoms with van der Waals surface area (Å²) in [6.07, 6.45) is 0. The summed E-state index contributed by atoms with van der Waals surface area (Å²) in [4.78, 5) is 16.3. The van der Waals surface area contributed by atoms with Crippen molar-refractivity contribution in [3.05, 3.63) is 35.9 Å². The Bertz CT molecular complexity index is 430. The number of carbonyl (C=O) groups excluding carboxylic acids is 1. The van der Waals surface area contributed by atoms with E-state index in [9.17, 15) is 4.79 Å². The van der Waals surface area contributed by atoms with E-state index < -0.39 is 0 Å². The highest BCUT2D eigenvalue weighted by Gasteiger charge is 2.24. The summed E-state index contributed by atoms with van der Waals surface area (Å²) >= 11 is 0. The topological polar surface area (TPSA) is 44.8 Å². The van der Waals surface area contributed by atoms with E-state index >= 15 is 0 Å². The number of ether oxygens (including phenoxy) is 1. The molecule has 0 spiro atoms. The maximum atomic E-state index is 12.0. The first kappa shape index (κ1) is 15.8. The highest BCUT2D eigenvalue weighted by atomic mass is 16.5. The molecule has 1 atom stereocenters. The fraction of sp³-hybridized carbons (Fsp3) is 0.562. The first-order chi connectivity index (χ1) is 10.2. The molecule has 0 radical (unpaired) electrons. The van der Waals surface area contributed by atoms with Gasteiger partial charge < -0.3 is 15.0 Å². The Hall–Kier alpha value is -1.59. The summed E-state index contributed by atoms with van der Waals surface area (Å²) < 4.78 is 4.94. The fourth-order valence-electron chi connectivity index (χ4n) is 2.63. The highest BCUT2D eigenvalue weighted by molar-refractivity contribution is 5.74. The fourth-order valence-corrected chi connectivity index (χ4v) is 2.63. The number of nitrogens with zero attached hydrogens (tertiary/aromatic N) is 2. The zero-order valence-corrected chi connectivity index (χ0v) is 12.9. The lowest BCUT2D eigenvalue weighted by atomic mass is 10.1. The maximum absolute atomic E-state index is 12.0. The van der Waals surface area contributed by atoms with E-state index in [1.165, 1.54) is 5.56 Å². The maximum Gasteiger partial charge on any atom is 0.317 e. The van der Waals surface area contributed by atoms with Crippen LogP contribution in [0.5, 0.6) is 0 Å². The molecular formula is C16H25N3O2. The lowest BCUT2D eigenvalue weighted by molar-refractivity contribution is 0.112. The van der Waals surface area contributed by atoms with Crippen LogP contribution in [0.3, 0.4) is 0 Å². The Kier molecular flexibility index (Phi) is 6.02. The van der Waals surface area contributed by atoms with E-state index in [1.54, 1.807) is 7.11 Å². The molecule has 1 aliphatic rings. The van der Waals surface area contributed by atoms with Crippen LogP contribution in [0, 0.1) is 0 Å². The third kappa shape index (κ3) is 4.44. The second kappa shape index (κ2) is 8.00. The van der Waals surface area contributed by atoms with Crippen LogP contribution in [-0.2, 0) is 4.74 Å². The molecule has 1 unspecified atom stereocenters. The number of urea groups is 1. The van der Waals surface area contributed by atoms with Crippen molar-refractivity contribution in [3.8, 4) is 0 Å². The molecule has 21 heavy (non-hydrogen) atoms. The largest absolute Gasteiger partial charge is 0.383 e. The average Bonchev–Trinajstić information content (AvgIpc) is 2.55. The standard InChI is InChI=1S/C16H25N3O2/c1-14(15-6-4-3-5-7-15)18-9-11-19(12-10-18)16(20)17-8-13-21-2/h3-7,14H,8-13H2,1-2H3,(H,17,20). The monoisotopic (exact) mass is 291 g/mol. The number of nitrogens with one attached hydrogen (secondary N) is 1. The van der Waals surface area contributed by atoms with Crippen LogP contribution in [0.15, 0.2) is 30.3 Å². The minimum Gasteiger partial charge on any atom is -0.383 e. The van der Waals surface area contributed by atoms with Crippen molar-refractivity contribution in [2.75, 3.05) is 46.4 Å². The van der Waals surface area contributed by atoms with E-state index in [4.69, 9.17) is 4.74 Å². The molecule has 116 valence electrons. The Morgan fingerprint density at radius 1 is 1.24 bits per heavy atom. The van der Waals surface area contributed by atoms with Crippen molar-refractivity contribution >= 4 is 6.03 Å². The summed E-state index contributed by atoms with van der Waals surface area (Å²) in [5.74, 6) is 0. The molecule has 5 nitrogen and oxygen atoms in total. The number of benzene rings is 1. The number of hydrogen-bond acceptors (Lipinski definition) is 3. The van der Waals surface area contributed by atoms with Crippen LogP contribution in [0.25, 0.3) is 0 Å².